The first-order valence-electron chi connectivity index (χ1n) is 5.30. The van der Waals surface area contributed by atoms with Gasteiger partial charge in [0, 0.05) is 23.9 Å². The van der Waals surface area contributed by atoms with Gasteiger partial charge in [0.15, 0.2) is 0 Å². The summed E-state index contributed by atoms with van der Waals surface area (Å²) in [5, 5.41) is 16.2. The van der Waals surface area contributed by atoms with E-state index in [1.807, 2.05) is 6.92 Å². The average Bonchev–Trinajstić information content (AvgIpc) is 2.28. The number of hydrogen-bond donors (Lipinski definition) is 2. The number of likely N-dealkylation sites (N-methyl/N-ethyl adjacent to an activating group) is 1. The van der Waals surface area contributed by atoms with Crippen LogP contribution in [0.2, 0.25) is 0 Å². The fourth-order valence-corrected chi connectivity index (χ4v) is 1.36. The molecule has 1 aromatic rings. The molecule has 6 nitrogen and oxygen atoms in total. The minimum absolute atomic E-state index is 0.0471. The van der Waals surface area contributed by atoms with E-state index >= 15 is 0 Å². The van der Waals surface area contributed by atoms with Crippen LogP contribution in [-0.2, 0) is 4.79 Å². The lowest BCUT2D eigenvalue weighted by Crippen LogP contribution is -2.29. The number of rotatable bonds is 5. The van der Waals surface area contributed by atoms with Crippen molar-refractivity contribution >= 4 is 17.3 Å². The summed E-state index contributed by atoms with van der Waals surface area (Å²) in [6.07, 6.45) is 0. The Bertz CT molecular complexity index is 432. The molecule has 2 N–H and O–H groups in total. The van der Waals surface area contributed by atoms with Crippen LogP contribution in [0.5, 0.6) is 0 Å². The highest BCUT2D eigenvalue weighted by Crippen LogP contribution is 2.21. The highest BCUT2D eigenvalue weighted by Gasteiger charge is 2.11. The summed E-state index contributed by atoms with van der Waals surface area (Å²) in [5.74, 6) is -0.143. The van der Waals surface area contributed by atoms with Crippen molar-refractivity contribution in [2.45, 2.75) is 13.8 Å². The van der Waals surface area contributed by atoms with Crippen LogP contribution in [0.1, 0.15) is 12.5 Å². The first kappa shape index (κ1) is 13.0. The van der Waals surface area contributed by atoms with Gasteiger partial charge in [-0.05, 0) is 19.9 Å². The second-order valence-electron chi connectivity index (χ2n) is 3.57. The Morgan fingerprint density at radius 1 is 1.47 bits per heavy atom. The van der Waals surface area contributed by atoms with Gasteiger partial charge in [-0.3, -0.25) is 14.9 Å². The lowest BCUT2D eigenvalue weighted by molar-refractivity contribution is -0.385. The van der Waals surface area contributed by atoms with E-state index in [0.717, 1.165) is 0 Å². The first-order chi connectivity index (χ1) is 8.04. The lowest BCUT2D eigenvalue weighted by Gasteiger charge is -2.07. The number of aryl methyl sites for hydroxylation is 1. The summed E-state index contributed by atoms with van der Waals surface area (Å²) in [6, 6.07) is 4.79. The molecule has 1 amide bonds. The summed E-state index contributed by atoms with van der Waals surface area (Å²) in [4.78, 5) is 21.5. The number of benzene rings is 1. The molecular formula is C11H15N3O3. The molecule has 0 aliphatic carbocycles. The van der Waals surface area contributed by atoms with Crippen LogP contribution < -0.4 is 10.6 Å². The van der Waals surface area contributed by atoms with Gasteiger partial charge in [0.25, 0.3) is 5.69 Å². The molecule has 0 unspecified atom stereocenters. The zero-order valence-electron chi connectivity index (χ0n) is 9.82. The molecule has 0 saturated carbocycles. The van der Waals surface area contributed by atoms with Crippen LogP contribution in [-0.4, -0.2) is 23.9 Å². The fraction of sp³-hybridized carbons (Fsp3) is 0.364. The Morgan fingerprint density at radius 3 is 2.76 bits per heavy atom. The molecule has 0 spiro atoms. The van der Waals surface area contributed by atoms with E-state index in [9.17, 15) is 14.9 Å². The quantitative estimate of drug-likeness (QED) is 0.599. The predicted molar refractivity (Wildman–Crippen MR) is 65.0 cm³/mol. The summed E-state index contributed by atoms with van der Waals surface area (Å²) < 4.78 is 0. The van der Waals surface area contributed by atoms with Crippen molar-refractivity contribution in [3.8, 4) is 0 Å². The highest BCUT2D eigenvalue weighted by atomic mass is 16.6. The van der Waals surface area contributed by atoms with Crippen LogP contribution in [0.15, 0.2) is 18.2 Å². The number of nitro benzene ring substituents is 1. The maximum absolute atomic E-state index is 11.2. The molecule has 1 aromatic carbocycles. The van der Waals surface area contributed by atoms with Crippen LogP contribution in [0.4, 0.5) is 11.4 Å². The Kier molecular flexibility index (Phi) is 4.45. The van der Waals surface area contributed by atoms with E-state index in [1.165, 1.54) is 6.07 Å². The number of nitrogens with one attached hydrogen (secondary N) is 2. The summed E-state index contributed by atoms with van der Waals surface area (Å²) >= 11 is 0. The number of hydrogen-bond acceptors (Lipinski definition) is 4. The van der Waals surface area contributed by atoms with Gasteiger partial charge in [0.1, 0.15) is 0 Å². The Balaban J connectivity index is 2.69. The van der Waals surface area contributed by atoms with Crippen LogP contribution >= 0.6 is 0 Å². The third-order valence-corrected chi connectivity index (χ3v) is 2.23. The van der Waals surface area contributed by atoms with Gasteiger partial charge in [0.2, 0.25) is 5.91 Å². The molecule has 0 aliphatic heterocycles. The third-order valence-electron chi connectivity index (χ3n) is 2.23. The van der Waals surface area contributed by atoms with Gasteiger partial charge in [-0.1, -0.05) is 6.07 Å². The van der Waals surface area contributed by atoms with E-state index in [4.69, 9.17) is 0 Å². The molecule has 6 heteroatoms. The molecule has 17 heavy (non-hydrogen) atoms. The Labute approximate surface area is 99.2 Å². The summed E-state index contributed by atoms with van der Waals surface area (Å²) in [7, 11) is 0. The second kappa shape index (κ2) is 5.83. The maximum Gasteiger partial charge on any atom is 0.274 e. The van der Waals surface area contributed by atoms with Crippen LogP contribution in [0.3, 0.4) is 0 Å². The predicted octanol–water partition coefficient (Wildman–Crippen LogP) is 1.45. The minimum Gasteiger partial charge on any atom is -0.376 e. The van der Waals surface area contributed by atoms with Gasteiger partial charge in [0.05, 0.1) is 11.5 Å². The molecule has 0 aromatic heterocycles. The van der Waals surface area contributed by atoms with Gasteiger partial charge < -0.3 is 10.6 Å². The normalized spacial score (nSPS) is 9.76. The fourth-order valence-electron chi connectivity index (χ4n) is 1.36. The highest BCUT2D eigenvalue weighted by molar-refractivity contribution is 5.80. The van der Waals surface area contributed by atoms with E-state index < -0.39 is 4.92 Å². The molecule has 0 bridgehead atoms. The maximum atomic E-state index is 11.2. The third kappa shape index (κ3) is 3.75. The number of anilines is 1. The smallest absolute Gasteiger partial charge is 0.274 e. The molecule has 92 valence electrons. The molecular weight excluding hydrogens is 222 g/mol. The van der Waals surface area contributed by atoms with Crippen molar-refractivity contribution in [2.24, 2.45) is 0 Å². The largest absolute Gasteiger partial charge is 0.376 e. The molecule has 0 heterocycles. The number of carbonyl (C=O) groups is 1. The van der Waals surface area contributed by atoms with Crippen molar-refractivity contribution in [1.82, 2.24) is 5.32 Å². The zero-order valence-corrected chi connectivity index (χ0v) is 9.82. The zero-order chi connectivity index (χ0) is 12.8. The second-order valence-corrected chi connectivity index (χ2v) is 3.57. The van der Waals surface area contributed by atoms with E-state index in [2.05, 4.69) is 10.6 Å². The molecule has 0 radical (unpaired) electrons. The molecule has 0 fully saturated rings. The molecule has 0 saturated heterocycles. The first-order valence-corrected chi connectivity index (χ1v) is 5.30. The number of nitrogens with zero attached hydrogens (tertiary/aromatic N) is 1. The number of amides is 1. The van der Waals surface area contributed by atoms with Gasteiger partial charge in [-0.15, -0.1) is 0 Å². The standard InChI is InChI=1S/C11H15N3O3/c1-3-12-11(15)7-13-9-5-4-8(2)10(6-9)14(16)17/h4-6,13H,3,7H2,1-2H3,(H,12,15). The number of nitro groups is 1. The van der Waals surface area contributed by atoms with E-state index in [0.29, 0.717) is 17.8 Å². The van der Waals surface area contributed by atoms with E-state index in [1.54, 1.807) is 19.1 Å². The van der Waals surface area contributed by atoms with Crippen LogP contribution in [0.25, 0.3) is 0 Å². The van der Waals surface area contributed by atoms with Crippen LogP contribution in [0, 0.1) is 17.0 Å². The molecule has 0 atom stereocenters. The van der Waals surface area contributed by atoms with Gasteiger partial charge in [-0.2, -0.15) is 0 Å². The Morgan fingerprint density at radius 2 is 2.18 bits per heavy atom. The number of carbonyl (C=O) groups excluding carboxylic acids is 1. The molecule has 1 rings (SSSR count). The van der Waals surface area contributed by atoms with Gasteiger partial charge >= 0.3 is 0 Å². The van der Waals surface area contributed by atoms with Crippen molar-refractivity contribution in [3.05, 3.63) is 33.9 Å². The van der Waals surface area contributed by atoms with E-state index in [-0.39, 0.29) is 18.1 Å². The summed E-state index contributed by atoms with van der Waals surface area (Å²) in [6.45, 7) is 4.17. The van der Waals surface area contributed by atoms with Gasteiger partial charge in [-0.25, -0.2) is 0 Å². The monoisotopic (exact) mass is 237 g/mol. The Hall–Kier alpha value is -2.11. The summed E-state index contributed by atoms with van der Waals surface area (Å²) in [5.41, 5.74) is 1.21. The van der Waals surface area contributed by atoms with Crippen molar-refractivity contribution in [3.63, 3.8) is 0 Å². The van der Waals surface area contributed by atoms with Crippen molar-refractivity contribution in [1.29, 1.82) is 0 Å². The average molecular weight is 237 g/mol. The minimum atomic E-state index is -0.438. The topological polar surface area (TPSA) is 84.3 Å². The van der Waals surface area contributed by atoms with Crippen molar-refractivity contribution < 1.29 is 9.72 Å². The lowest BCUT2D eigenvalue weighted by atomic mass is 10.2. The SMILES string of the molecule is CCNC(=O)CNc1ccc(C)c([N+](=O)[O-])c1. The molecule has 0 aliphatic rings. The van der Waals surface area contributed by atoms with Crippen molar-refractivity contribution in [2.75, 3.05) is 18.4 Å².